The third-order valence-electron chi connectivity index (χ3n) is 0.175. The van der Waals surface area contributed by atoms with E-state index < -0.39 is 11.9 Å². The van der Waals surface area contributed by atoms with Crippen molar-refractivity contribution in [2.24, 2.45) is 0 Å². The second-order valence-electron chi connectivity index (χ2n) is 0.593. The van der Waals surface area contributed by atoms with Crippen LogP contribution in [0, 0.1) is 0 Å². The number of carboxylic acid groups (broad SMARTS) is 2. The zero-order chi connectivity index (χ0) is 5.15. The van der Waals surface area contributed by atoms with Crippen molar-refractivity contribution in [2.45, 2.75) is 0 Å². The topological polar surface area (TPSA) is 145 Å². The van der Waals surface area contributed by atoms with Crippen LogP contribution in [0.15, 0.2) is 0 Å². The molecule has 58 valence electrons. The van der Waals surface area contributed by atoms with Gasteiger partial charge in [-0.3, -0.25) is 0 Å². The summed E-state index contributed by atoms with van der Waals surface area (Å²) in [6.07, 6.45) is 0. The van der Waals surface area contributed by atoms with Crippen LogP contribution >= 0.6 is 0 Å². The molecular weight excluding hydrogens is 174 g/mol. The summed E-state index contributed by atoms with van der Waals surface area (Å²) >= 11 is 0. The molecule has 0 atom stereocenters. The number of carboxylic acids is 2. The fraction of sp³-hybridized carbons (Fsp3) is 0. The Morgan fingerprint density at radius 3 is 1.44 bits per heavy atom. The first-order chi connectivity index (χ1) is 2.64. The minimum Gasteiger partial charge on any atom is -0.539 e. The van der Waals surface area contributed by atoms with Crippen molar-refractivity contribution in [1.82, 2.24) is 6.15 Å². The number of hydrogen-bond donors (Lipinski definition) is 2. The largest absolute Gasteiger partial charge is 0.539 e. The summed E-state index contributed by atoms with van der Waals surface area (Å²) in [5.74, 6) is -4.01. The second-order valence-corrected chi connectivity index (χ2v) is 0.593. The molecule has 0 aliphatic carbocycles. The Balaban J connectivity index is -0.0000000417. The van der Waals surface area contributed by atoms with Gasteiger partial charge in [0.25, 0.3) is 0 Å². The number of aliphatic carboxylic acids is 2. The van der Waals surface area contributed by atoms with Crippen LogP contribution in [0.5, 0.6) is 0 Å². The van der Waals surface area contributed by atoms with Crippen LogP contribution in [0.4, 0.5) is 0 Å². The minimum absolute atomic E-state index is 0. The van der Waals surface area contributed by atoms with E-state index in [2.05, 4.69) is 0 Å². The van der Waals surface area contributed by atoms with Gasteiger partial charge in [0.05, 0.1) is 0 Å². The van der Waals surface area contributed by atoms with Crippen LogP contribution in [0.25, 0.3) is 0 Å². The molecule has 0 unspecified atom stereocenters. The number of carbonyl (C=O) groups is 2. The molecular formula is C2H7FeNO5. The number of carbonyl (C=O) groups excluding carboxylic acids is 1. The monoisotopic (exact) mass is 181 g/mol. The predicted octanol–water partition coefficient (Wildman–Crippen LogP) is -2.63. The molecule has 0 radical (unpaired) electrons. The van der Waals surface area contributed by atoms with Crippen LogP contribution in [0.2, 0.25) is 0 Å². The molecule has 0 aliphatic heterocycles. The Morgan fingerprint density at radius 2 is 1.44 bits per heavy atom. The Hall–Kier alpha value is -0.621. The van der Waals surface area contributed by atoms with Gasteiger partial charge in [-0.15, -0.1) is 0 Å². The molecule has 6 nitrogen and oxygen atoms in total. The molecule has 0 saturated carbocycles. The predicted molar refractivity (Wildman–Crippen MR) is 22.2 cm³/mol. The molecule has 0 aromatic rings. The van der Waals surface area contributed by atoms with Crippen molar-refractivity contribution in [2.75, 3.05) is 0 Å². The van der Waals surface area contributed by atoms with Crippen LogP contribution in [-0.2, 0) is 26.7 Å². The molecule has 0 aromatic carbocycles. The summed E-state index contributed by atoms with van der Waals surface area (Å²) in [6, 6.07) is 0. The summed E-state index contributed by atoms with van der Waals surface area (Å²) in [4.78, 5) is 18.0. The van der Waals surface area contributed by atoms with Gasteiger partial charge in [-0.25, -0.2) is 4.79 Å². The number of rotatable bonds is 0. The van der Waals surface area contributed by atoms with E-state index in [1.165, 1.54) is 0 Å². The quantitative estimate of drug-likeness (QED) is 0.310. The number of hydrogen-bond acceptors (Lipinski definition) is 3. The van der Waals surface area contributed by atoms with Gasteiger partial charge in [0.15, 0.2) is 5.97 Å². The molecule has 9 heavy (non-hydrogen) atoms. The van der Waals surface area contributed by atoms with Crippen molar-refractivity contribution >= 4 is 11.9 Å². The summed E-state index contributed by atoms with van der Waals surface area (Å²) in [7, 11) is 0. The van der Waals surface area contributed by atoms with E-state index in [0.717, 1.165) is 0 Å². The zero-order valence-electron chi connectivity index (χ0n) is 4.53. The van der Waals surface area contributed by atoms with E-state index in [9.17, 15) is 0 Å². The average Bonchev–Trinajstić information content (AvgIpc) is 1.36. The molecule has 0 amide bonds. The van der Waals surface area contributed by atoms with Crippen molar-refractivity contribution < 1.29 is 42.3 Å². The molecule has 0 spiro atoms. The minimum atomic E-state index is -2.07. The summed E-state index contributed by atoms with van der Waals surface area (Å²) < 4.78 is 0. The fourth-order valence-electron chi connectivity index (χ4n) is 0. The van der Waals surface area contributed by atoms with Crippen LogP contribution in [0.3, 0.4) is 0 Å². The van der Waals surface area contributed by atoms with Gasteiger partial charge >= 0.3 is 5.97 Å². The Labute approximate surface area is 61.2 Å². The van der Waals surface area contributed by atoms with Crippen molar-refractivity contribution in [3.63, 3.8) is 0 Å². The van der Waals surface area contributed by atoms with Crippen molar-refractivity contribution in [1.29, 1.82) is 0 Å². The first-order valence-electron chi connectivity index (χ1n) is 1.09. The maximum atomic E-state index is 9.04. The van der Waals surface area contributed by atoms with E-state index in [-0.39, 0.29) is 28.7 Å². The normalized spacial score (nSPS) is 4.89. The maximum absolute atomic E-state index is 9.04. The Bertz CT molecular complexity index is 81.0. The van der Waals surface area contributed by atoms with Gasteiger partial charge in [-0.2, -0.15) is 0 Å². The van der Waals surface area contributed by atoms with Gasteiger partial charge in [0.2, 0.25) is 0 Å². The Kier molecular flexibility index (Phi) is 27.4. The molecule has 0 bridgehead atoms. The van der Waals surface area contributed by atoms with Crippen LogP contribution < -0.4 is 11.3 Å². The SMILES string of the molecule is O.O=C([O-])C(=O)O.[Fe].[NH4+]. The molecule has 0 rings (SSSR count). The molecule has 0 aromatic heterocycles. The molecule has 7 heteroatoms. The summed E-state index contributed by atoms with van der Waals surface area (Å²) in [5, 5.41) is 16.3. The smallest absolute Gasteiger partial charge is 0.351 e. The molecule has 7 N–H and O–H groups in total. The Morgan fingerprint density at radius 1 is 1.33 bits per heavy atom. The standard InChI is InChI=1S/C2H2O4.Fe.H3N.H2O/c3-1(4)2(5)6;;;/h(H,3,4)(H,5,6);;1H3;1H2. The van der Waals surface area contributed by atoms with E-state index >= 15 is 0 Å². The van der Waals surface area contributed by atoms with Crippen molar-refractivity contribution in [3.8, 4) is 0 Å². The summed E-state index contributed by atoms with van der Waals surface area (Å²) in [5.41, 5.74) is 0. The van der Waals surface area contributed by atoms with Gasteiger partial charge < -0.3 is 26.6 Å². The van der Waals surface area contributed by atoms with Crippen LogP contribution in [0.1, 0.15) is 0 Å². The number of quaternary nitrogens is 1. The van der Waals surface area contributed by atoms with E-state index in [1.54, 1.807) is 0 Å². The van der Waals surface area contributed by atoms with E-state index in [0.29, 0.717) is 0 Å². The molecule has 0 fully saturated rings. The molecule has 0 aliphatic rings. The average molecular weight is 181 g/mol. The van der Waals surface area contributed by atoms with E-state index in [1.807, 2.05) is 0 Å². The second kappa shape index (κ2) is 10.4. The summed E-state index contributed by atoms with van der Waals surface area (Å²) in [6.45, 7) is 0. The third-order valence-corrected chi connectivity index (χ3v) is 0.175. The molecule has 0 saturated heterocycles. The molecule has 0 heterocycles. The first-order valence-corrected chi connectivity index (χ1v) is 1.09. The van der Waals surface area contributed by atoms with Crippen LogP contribution in [-0.4, -0.2) is 22.5 Å². The fourth-order valence-corrected chi connectivity index (χ4v) is 0. The van der Waals surface area contributed by atoms with Gasteiger partial charge in [0.1, 0.15) is 0 Å². The zero-order valence-corrected chi connectivity index (χ0v) is 5.63. The van der Waals surface area contributed by atoms with Gasteiger partial charge in [-0.1, -0.05) is 0 Å². The van der Waals surface area contributed by atoms with Gasteiger partial charge in [-0.05, 0) is 0 Å². The maximum Gasteiger partial charge on any atom is 0.351 e. The third kappa shape index (κ3) is 18.7. The van der Waals surface area contributed by atoms with E-state index in [4.69, 9.17) is 19.8 Å². The first kappa shape index (κ1) is 23.8. The van der Waals surface area contributed by atoms with Gasteiger partial charge in [0, 0.05) is 17.1 Å². The van der Waals surface area contributed by atoms with Crippen molar-refractivity contribution in [3.05, 3.63) is 0 Å².